The third-order valence-electron chi connectivity index (χ3n) is 4.59. The molecule has 2 aromatic rings. The van der Waals surface area contributed by atoms with E-state index in [9.17, 15) is 4.79 Å². The Morgan fingerprint density at radius 1 is 1.25 bits per heavy atom. The van der Waals surface area contributed by atoms with Crippen molar-refractivity contribution in [3.8, 4) is 11.4 Å². The molecule has 1 aliphatic rings. The van der Waals surface area contributed by atoms with Gasteiger partial charge in [-0.3, -0.25) is 9.89 Å². The number of amides is 1. The normalized spacial score (nSPS) is 22.4. The Kier molecular flexibility index (Phi) is 5.23. The Labute approximate surface area is 147 Å². The fourth-order valence-corrected chi connectivity index (χ4v) is 4.08. The molecule has 24 heavy (non-hydrogen) atoms. The molecular weight excluding hydrogens is 320 g/mol. The lowest BCUT2D eigenvalue weighted by molar-refractivity contribution is -0.136. The second-order valence-electron chi connectivity index (χ2n) is 6.47. The molecule has 3 rings (SSSR count). The van der Waals surface area contributed by atoms with Crippen LogP contribution < -0.4 is 0 Å². The van der Waals surface area contributed by atoms with Crippen molar-refractivity contribution >= 4 is 17.7 Å². The van der Waals surface area contributed by atoms with Crippen LogP contribution in [0.15, 0.2) is 35.5 Å². The number of hydrogen-bond donors (Lipinski definition) is 1. The summed E-state index contributed by atoms with van der Waals surface area (Å²) in [6.45, 7) is 6.23. The van der Waals surface area contributed by atoms with Gasteiger partial charge >= 0.3 is 0 Å². The summed E-state index contributed by atoms with van der Waals surface area (Å²) in [5.74, 6) is 0.920. The van der Waals surface area contributed by atoms with E-state index in [2.05, 4.69) is 29.0 Å². The second kappa shape index (κ2) is 7.38. The van der Waals surface area contributed by atoms with E-state index in [1.807, 2.05) is 42.2 Å². The van der Waals surface area contributed by atoms with Gasteiger partial charge in [-0.2, -0.15) is 0 Å². The van der Waals surface area contributed by atoms with Gasteiger partial charge in [0, 0.05) is 17.6 Å². The fourth-order valence-electron chi connectivity index (χ4n) is 3.30. The Hall–Kier alpha value is -1.82. The molecule has 2 heterocycles. The largest absolute Gasteiger partial charge is 0.336 e. The number of carbonyl (C=O) groups is 1. The average Bonchev–Trinajstić information content (AvgIpc) is 3.04. The van der Waals surface area contributed by atoms with Gasteiger partial charge in [-0.15, -0.1) is 5.10 Å². The summed E-state index contributed by atoms with van der Waals surface area (Å²) in [5, 5.41) is 7.64. The van der Waals surface area contributed by atoms with Crippen LogP contribution in [-0.2, 0) is 4.79 Å². The molecule has 1 saturated heterocycles. The molecule has 6 heteroatoms. The monoisotopic (exact) mass is 344 g/mol. The molecular formula is C18H24N4OS. The zero-order valence-corrected chi connectivity index (χ0v) is 15.2. The zero-order valence-electron chi connectivity index (χ0n) is 14.4. The summed E-state index contributed by atoms with van der Waals surface area (Å²) < 4.78 is 0. The molecule has 0 aliphatic carbocycles. The summed E-state index contributed by atoms with van der Waals surface area (Å²) in [6.07, 6.45) is 3.38. The van der Waals surface area contributed by atoms with Gasteiger partial charge < -0.3 is 4.90 Å². The van der Waals surface area contributed by atoms with E-state index in [0.29, 0.717) is 17.2 Å². The molecule has 0 radical (unpaired) electrons. The van der Waals surface area contributed by atoms with Gasteiger partial charge in [0.2, 0.25) is 11.1 Å². The van der Waals surface area contributed by atoms with E-state index in [1.165, 1.54) is 18.2 Å². The molecule has 0 unspecified atom stereocenters. The number of carbonyl (C=O) groups excluding carboxylic acids is 1. The maximum Gasteiger partial charge on any atom is 0.236 e. The maximum absolute atomic E-state index is 12.8. The number of benzene rings is 1. The Balaban J connectivity index is 1.67. The summed E-state index contributed by atoms with van der Waals surface area (Å²) in [7, 11) is 0. The van der Waals surface area contributed by atoms with E-state index in [4.69, 9.17) is 0 Å². The van der Waals surface area contributed by atoms with Gasteiger partial charge in [-0.05, 0) is 40.0 Å². The predicted molar refractivity (Wildman–Crippen MR) is 96.8 cm³/mol. The molecule has 1 aliphatic heterocycles. The van der Waals surface area contributed by atoms with Crippen LogP contribution in [0.5, 0.6) is 0 Å². The summed E-state index contributed by atoms with van der Waals surface area (Å²) in [6, 6.07) is 10.5. The van der Waals surface area contributed by atoms with Crippen molar-refractivity contribution in [2.24, 2.45) is 0 Å². The number of nitrogens with zero attached hydrogens (tertiary/aromatic N) is 3. The number of H-pyrrole nitrogens is 1. The molecule has 3 atom stereocenters. The number of rotatable bonds is 4. The molecule has 0 bridgehead atoms. The smallest absolute Gasteiger partial charge is 0.236 e. The topological polar surface area (TPSA) is 61.9 Å². The fraction of sp³-hybridized carbons (Fsp3) is 0.500. The van der Waals surface area contributed by atoms with Crippen LogP contribution in [0.25, 0.3) is 11.4 Å². The van der Waals surface area contributed by atoms with Crippen LogP contribution in [0.2, 0.25) is 0 Å². The van der Waals surface area contributed by atoms with Gasteiger partial charge in [0.05, 0.1) is 5.25 Å². The quantitative estimate of drug-likeness (QED) is 0.858. The predicted octanol–water partition coefficient (Wildman–Crippen LogP) is 3.74. The highest BCUT2D eigenvalue weighted by atomic mass is 32.2. The van der Waals surface area contributed by atoms with Crippen molar-refractivity contribution in [1.82, 2.24) is 20.1 Å². The minimum atomic E-state index is -0.188. The molecule has 1 fully saturated rings. The highest BCUT2D eigenvalue weighted by molar-refractivity contribution is 8.00. The van der Waals surface area contributed by atoms with Gasteiger partial charge in [0.15, 0.2) is 5.82 Å². The van der Waals surface area contributed by atoms with Crippen LogP contribution in [0.1, 0.15) is 40.0 Å². The van der Waals surface area contributed by atoms with E-state index >= 15 is 0 Å². The Bertz CT molecular complexity index is 677. The number of thioether (sulfide) groups is 1. The van der Waals surface area contributed by atoms with Crippen LogP contribution in [-0.4, -0.2) is 43.3 Å². The number of aromatic nitrogens is 3. The van der Waals surface area contributed by atoms with Crippen LogP contribution in [0.4, 0.5) is 0 Å². The van der Waals surface area contributed by atoms with E-state index in [0.717, 1.165) is 24.2 Å². The van der Waals surface area contributed by atoms with E-state index < -0.39 is 0 Å². The first-order valence-electron chi connectivity index (χ1n) is 8.53. The van der Waals surface area contributed by atoms with Crippen LogP contribution in [0, 0.1) is 0 Å². The molecule has 1 aromatic carbocycles. The number of hydrogen-bond acceptors (Lipinski definition) is 4. The van der Waals surface area contributed by atoms with Gasteiger partial charge in [0.1, 0.15) is 0 Å². The Morgan fingerprint density at radius 3 is 2.58 bits per heavy atom. The minimum Gasteiger partial charge on any atom is -0.336 e. The molecule has 1 amide bonds. The van der Waals surface area contributed by atoms with E-state index in [-0.39, 0.29) is 11.2 Å². The molecule has 128 valence electrons. The van der Waals surface area contributed by atoms with Crippen molar-refractivity contribution < 1.29 is 4.79 Å². The van der Waals surface area contributed by atoms with Crippen molar-refractivity contribution in [3.63, 3.8) is 0 Å². The average molecular weight is 344 g/mol. The summed E-state index contributed by atoms with van der Waals surface area (Å²) in [4.78, 5) is 19.4. The second-order valence-corrected chi connectivity index (χ2v) is 7.78. The summed E-state index contributed by atoms with van der Waals surface area (Å²) in [5.41, 5.74) is 0.995. The number of likely N-dealkylation sites (tertiary alicyclic amines) is 1. The highest BCUT2D eigenvalue weighted by Crippen LogP contribution is 2.28. The van der Waals surface area contributed by atoms with Crippen LogP contribution >= 0.6 is 11.8 Å². The molecule has 0 saturated carbocycles. The Morgan fingerprint density at radius 2 is 1.92 bits per heavy atom. The highest BCUT2D eigenvalue weighted by Gasteiger charge is 2.32. The van der Waals surface area contributed by atoms with Crippen molar-refractivity contribution in [2.45, 2.75) is 62.5 Å². The third kappa shape index (κ3) is 3.64. The van der Waals surface area contributed by atoms with Gasteiger partial charge in [0.25, 0.3) is 0 Å². The SMILES string of the molecule is C[C@H](Sc1n[nH]c(-c2ccccc2)n1)C(=O)N1[C@@H](C)CCC[C@@H]1C. The first-order valence-corrected chi connectivity index (χ1v) is 9.41. The zero-order chi connectivity index (χ0) is 17.1. The van der Waals surface area contributed by atoms with Crippen molar-refractivity contribution in [2.75, 3.05) is 0 Å². The van der Waals surface area contributed by atoms with Crippen LogP contribution in [0.3, 0.4) is 0 Å². The number of aromatic amines is 1. The third-order valence-corrected chi connectivity index (χ3v) is 5.54. The standard InChI is InChI=1S/C18H24N4OS/c1-12-8-7-9-13(2)22(12)17(23)14(3)24-18-19-16(20-21-18)15-10-5-4-6-11-15/h4-6,10-14H,7-9H2,1-3H3,(H,19,20,21)/t12-,13-,14-/m0/s1. The first kappa shape index (κ1) is 17.0. The van der Waals surface area contributed by atoms with Crippen molar-refractivity contribution in [3.05, 3.63) is 30.3 Å². The minimum absolute atomic E-state index is 0.186. The lowest BCUT2D eigenvalue weighted by Gasteiger charge is -2.40. The van der Waals surface area contributed by atoms with E-state index in [1.54, 1.807) is 0 Å². The molecule has 1 aromatic heterocycles. The van der Waals surface area contributed by atoms with Gasteiger partial charge in [-0.1, -0.05) is 42.1 Å². The maximum atomic E-state index is 12.8. The molecule has 5 nitrogen and oxygen atoms in total. The molecule has 1 N–H and O–H groups in total. The summed E-state index contributed by atoms with van der Waals surface area (Å²) >= 11 is 1.42. The molecule has 0 spiro atoms. The lowest BCUT2D eigenvalue weighted by atomic mass is 9.97. The van der Waals surface area contributed by atoms with Gasteiger partial charge in [-0.25, -0.2) is 4.98 Å². The number of nitrogens with one attached hydrogen (secondary N) is 1. The lowest BCUT2D eigenvalue weighted by Crippen LogP contribution is -2.50. The number of piperidine rings is 1. The first-order chi connectivity index (χ1) is 11.6. The van der Waals surface area contributed by atoms with Crippen molar-refractivity contribution in [1.29, 1.82) is 0 Å².